The zero-order chi connectivity index (χ0) is 6.27. The monoisotopic (exact) mass is 125 g/mol. The Morgan fingerprint density at radius 1 is 1.22 bits per heavy atom. The van der Waals surface area contributed by atoms with Gasteiger partial charge in [0, 0.05) is 6.04 Å². The second-order valence-electron chi connectivity index (χ2n) is 3.58. The molecule has 1 saturated carbocycles. The molecule has 0 radical (unpaired) electrons. The maximum Gasteiger partial charge on any atom is 0.0121 e. The van der Waals surface area contributed by atoms with Crippen LogP contribution >= 0.6 is 0 Å². The van der Waals surface area contributed by atoms with Crippen LogP contribution in [0.15, 0.2) is 0 Å². The first kappa shape index (κ1) is 5.72. The highest BCUT2D eigenvalue weighted by molar-refractivity contribution is 4.92. The smallest absolute Gasteiger partial charge is 0.0121 e. The third kappa shape index (κ3) is 0.787. The molecule has 2 aliphatic rings. The van der Waals surface area contributed by atoms with Crippen LogP contribution in [0.3, 0.4) is 0 Å². The van der Waals surface area contributed by atoms with Gasteiger partial charge in [0.05, 0.1) is 0 Å². The van der Waals surface area contributed by atoms with Gasteiger partial charge in [-0.05, 0) is 37.6 Å². The largest absolute Gasteiger partial charge is 0.313 e. The summed E-state index contributed by atoms with van der Waals surface area (Å²) >= 11 is 0. The van der Waals surface area contributed by atoms with Gasteiger partial charge in [-0.3, -0.25) is 0 Å². The molecule has 1 heteroatoms. The number of fused-ring (bicyclic) bond motifs is 1. The van der Waals surface area contributed by atoms with Gasteiger partial charge in [0.2, 0.25) is 0 Å². The van der Waals surface area contributed by atoms with Gasteiger partial charge in [-0.15, -0.1) is 0 Å². The fourth-order valence-corrected chi connectivity index (χ4v) is 2.43. The highest BCUT2D eigenvalue weighted by Gasteiger charge is 2.35. The lowest BCUT2D eigenvalue weighted by atomic mass is 10.0. The number of hydrogen-bond acceptors (Lipinski definition) is 1. The predicted molar refractivity (Wildman–Crippen MR) is 38.3 cm³/mol. The maximum absolute atomic E-state index is 3.57. The van der Waals surface area contributed by atoms with Crippen molar-refractivity contribution in [1.29, 1.82) is 0 Å². The quantitative estimate of drug-likeness (QED) is 0.516. The number of rotatable bonds is 0. The molecule has 1 saturated heterocycles. The molecular weight excluding hydrogens is 110 g/mol. The zero-order valence-electron chi connectivity index (χ0n) is 6.06. The SMILES string of the molecule is C[C@@H]1CC[C@H]2CCN[C@H]21. The molecule has 0 amide bonds. The van der Waals surface area contributed by atoms with Crippen molar-refractivity contribution in [3.05, 3.63) is 0 Å². The van der Waals surface area contributed by atoms with Gasteiger partial charge in [-0.1, -0.05) is 6.92 Å². The van der Waals surface area contributed by atoms with E-state index in [0.29, 0.717) is 0 Å². The molecule has 1 nitrogen and oxygen atoms in total. The van der Waals surface area contributed by atoms with Crippen LogP contribution in [0.5, 0.6) is 0 Å². The Morgan fingerprint density at radius 2 is 2.11 bits per heavy atom. The summed E-state index contributed by atoms with van der Waals surface area (Å²) in [6, 6.07) is 0.894. The third-order valence-electron chi connectivity index (χ3n) is 3.01. The summed E-state index contributed by atoms with van der Waals surface area (Å²) in [5.41, 5.74) is 0. The van der Waals surface area contributed by atoms with E-state index in [1.165, 1.54) is 25.8 Å². The fourth-order valence-electron chi connectivity index (χ4n) is 2.43. The molecule has 2 rings (SSSR count). The summed E-state index contributed by atoms with van der Waals surface area (Å²) in [4.78, 5) is 0. The molecule has 1 aliphatic carbocycles. The molecule has 0 bridgehead atoms. The molecule has 0 aromatic carbocycles. The van der Waals surface area contributed by atoms with Gasteiger partial charge in [-0.2, -0.15) is 0 Å². The molecule has 0 unspecified atom stereocenters. The third-order valence-corrected chi connectivity index (χ3v) is 3.01. The average molecular weight is 125 g/mol. The molecule has 52 valence electrons. The lowest BCUT2D eigenvalue weighted by Crippen LogP contribution is -2.27. The van der Waals surface area contributed by atoms with Crippen LogP contribution in [-0.4, -0.2) is 12.6 Å². The molecule has 9 heavy (non-hydrogen) atoms. The normalized spacial score (nSPS) is 49.7. The Balaban J connectivity index is 2.07. The van der Waals surface area contributed by atoms with Gasteiger partial charge in [-0.25, -0.2) is 0 Å². The van der Waals surface area contributed by atoms with E-state index in [9.17, 15) is 0 Å². The zero-order valence-corrected chi connectivity index (χ0v) is 6.06. The van der Waals surface area contributed by atoms with E-state index in [4.69, 9.17) is 0 Å². The fraction of sp³-hybridized carbons (Fsp3) is 1.00. The van der Waals surface area contributed by atoms with E-state index < -0.39 is 0 Å². The Labute approximate surface area is 56.8 Å². The van der Waals surface area contributed by atoms with Crippen molar-refractivity contribution in [3.63, 3.8) is 0 Å². The first-order chi connectivity index (χ1) is 4.38. The van der Waals surface area contributed by atoms with Crippen LogP contribution in [-0.2, 0) is 0 Å². The lowest BCUT2D eigenvalue weighted by molar-refractivity contribution is 0.439. The van der Waals surface area contributed by atoms with Crippen LogP contribution in [0.25, 0.3) is 0 Å². The molecule has 0 aromatic heterocycles. The van der Waals surface area contributed by atoms with Gasteiger partial charge in [0.15, 0.2) is 0 Å². The minimum Gasteiger partial charge on any atom is -0.313 e. The van der Waals surface area contributed by atoms with Crippen molar-refractivity contribution in [2.24, 2.45) is 11.8 Å². The van der Waals surface area contributed by atoms with E-state index >= 15 is 0 Å². The van der Waals surface area contributed by atoms with E-state index in [1.54, 1.807) is 0 Å². The Kier molecular flexibility index (Phi) is 1.26. The first-order valence-corrected chi connectivity index (χ1v) is 4.11. The van der Waals surface area contributed by atoms with Crippen LogP contribution in [0.1, 0.15) is 26.2 Å². The van der Waals surface area contributed by atoms with Crippen LogP contribution in [0.2, 0.25) is 0 Å². The van der Waals surface area contributed by atoms with E-state index in [-0.39, 0.29) is 0 Å². The predicted octanol–water partition coefficient (Wildman–Crippen LogP) is 1.39. The Bertz CT molecular complexity index is 111. The van der Waals surface area contributed by atoms with Crippen molar-refractivity contribution in [2.45, 2.75) is 32.2 Å². The first-order valence-electron chi connectivity index (χ1n) is 4.11. The minimum absolute atomic E-state index is 0.894. The molecule has 0 spiro atoms. The summed E-state index contributed by atoms with van der Waals surface area (Å²) < 4.78 is 0. The van der Waals surface area contributed by atoms with Crippen molar-refractivity contribution < 1.29 is 0 Å². The van der Waals surface area contributed by atoms with Crippen LogP contribution in [0, 0.1) is 11.8 Å². The molecule has 2 fully saturated rings. The molecule has 1 N–H and O–H groups in total. The van der Waals surface area contributed by atoms with E-state index in [1.807, 2.05) is 0 Å². The molecule has 1 heterocycles. The molecule has 3 atom stereocenters. The maximum atomic E-state index is 3.57. The summed E-state index contributed by atoms with van der Waals surface area (Å²) in [5.74, 6) is 2.00. The van der Waals surface area contributed by atoms with E-state index in [2.05, 4.69) is 12.2 Å². The second kappa shape index (κ2) is 1.98. The van der Waals surface area contributed by atoms with Gasteiger partial charge in [0.1, 0.15) is 0 Å². The molecule has 0 aromatic rings. The number of nitrogens with one attached hydrogen (secondary N) is 1. The van der Waals surface area contributed by atoms with Crippen LogP contribution in [0.4, 0.5) is 0 Å². The summed E-state index contributed by atoms with van der Waals surface area (Å²) in [6.07, 6.45) is 4.39. The van der Waals surface area contributed by atoms with E-state index in [0.717, 1.165) is 17.9 Å². The summed E-state index contributed by atoms with van der Waals surface area (Å²) in [7, 11) is 0. The molecular formula is C8H15N. The lowest BCUT2D eigenvalue weighted by Gasteiger charge is -2.13. The highest BCUT2D eigenvalue weighted by Crippen LogP contribution is 2.35. The molecule has 1 aliphatic heterocycles. The van der Waals surface area contributed by atoms with Crippen molar-refractivity contribution in [3.8, 4) is 0 Å². The van der Waals surface area contributed by atoms with Gasteiger partial charge < -0.3 is 5.32 Å². The van der Waals surface area contributed by atoms with Crippen molar-refractivity contribution >= 4 is 0 Å². The number of hydrogen-bond donors (Lipinski definition) is 1. The van der Waals surface area contributed by atoms with Gasteiger partial charge in [0.25, 0.3) is 0 Å². The average Bonchev–Trinajstić information content (AvgIpc) is 2.35. The highest BCUT2D eigenvalue weighted by atomic mass is 15.0. The topological polar surface area (TPSA) is 12.0 Å². The summed E-state index contributed by atoms with van der Waals surface area (Å²) in [5, 5.41) is 3.57. The second-order valence-corrected chi connectivity index (χ2v) is 3.58. The minimum atomic E-state index is 0.894. The Morgan fingerprint density at radius 3 is 2.89 bits per heavy atom. The Hall–Kier alpha value is -0.0400. The van der Waals surface area contributed by atoms with Crippen LogP contribution < -0.4 is 5.32 Å². The van der Waals surface area contributed by atoms with Gasteiger partial charge >= 0.3 is 0 Å². The van der Waals surface area contributed by atoms with Crippen molar-refractivity contribution in [2.75, 3.05) is 6.54 Å². The summed E-state index contributed by atoms with van der Waals surface area (Å²) in [6.45, 7) is 3.66. The standard InChI is InChI=1S/C8H15N/c1-6-2-3-7-4-5-9-8(6)7/h6-9H,2-5H2,1H3/t6-,7+,8+/m1/s1. The van der Waals surface area contributed by atoms with Crippen molar-refractivity contribution in [1.82, 2.24) is 5.32 Å².